The monoisotopic (exact) mass is 255 g/mol. The number of carbonyl (C=O) groups excluding carboxylic acids is 1. The third kappa shape index (κ3) is 2.23. The van der Waals surface area contributed by atoms with E-state index in [1.807, 2.05) is 18.2 Å². The summed E-state index contributed by atoms with van der Waals surface area (Å²) < 4.78 is 5.11. The van der Waals surface area contributed by atoms with Gasteiger partial charge in [-0.1, -0.05) is 6.07 Å². The van der Waals surface area contributed by atoms with Gasteiger partial charge in [-0.15, -0.1) is 11.6 Å². The highest BCUT2D eigenvalue weighted by Gasteiger charge is 2.39. The van der Waals surface area contributed by atoms with Crippen molar-refractivity contribution in [1.29, 1.82) is 0 Å². The number of methoxy groups -OCH3 is 1. The number of aliphatic hydroxyl groups excluding tert-OH is 1. The zero-order chi connectivity index (χ0) is 12.4. The van der Waals surface area contributed by atoms with Gasteiger partial charge in [0.2, 0.25) is 5.91 Å². The number of anilines is 1. The second-order valence-electron chi connectivity index (χ2n) is 3.99. The highest BCUT2D eigenvalue weighted by molar-refractivity contribution is 6.34. The fourth-order valence-electron chi connectivity index (χ4n) is 1.93. The molecule has 1 heterocycles. The molecule has 0 radical (unpaired) electrons. The van der Waals surface area contributed by atoms with E-state index in [4.69, 9.17) is 21.4 Å². The molecule has 0 spiro atoms. The minimum Gasteiger partial charge on any atom is -0.497 e. The van der Waals surface area contributed by atoms with Gasteiger partial charge in [-0.25, -0.2) is 0 Å². The maximum Gasteiger partial charge on any atom is 0.245 e. The number of amides is 1. The van der Waals surface area contributed by atoms with Crippen LogP contribution in [0, 0.1) is 5.92 Å². The summed E-state index contributed by atoms with van der Waals surface area (Å²) in [6.45, 7) is 0.358. The van der Waals surface area contributed by atoms with E-state index in [1.54, 1.807) is 18.1 Å². The van der Waals surface area contributed by atoms with Crippen molar-refractivity contribution in [2.75, 3.05) is 25.2 Å². The number of ether oxygens (including phenoxy) is 1. The van der Waals surface area contributed by atoms with Gasteiger partial charge in [-0.05, 0) is 12.1 Å². The summed E-state index contributed by atoms with van der Waals surface area (Å²) >= 11 is 5.96. The first-order chi connectivity index (χ1) is 8.17. The average molecular weight is 256 g/mol. The quantitative estimate of drug-likeness (QED) is 0.828. The molecule has 2 rings (SSSR count). The zero-order valence-corrected chi connectivity index (χ0v) is 10.2. The van der Waals surface area contributed by atoms with Crippen molar-refractivity contribution in [3.8, 4) is 5.75 Å². The van der Waals surface area contributed by atoms with Gasteiger partial charge in [-0.2, -0.15) is 0 Å². The molecule has 1 saturated heterocycles. The fraction of sp³-hybridized carbons (Fsp3) is 0.417. The minimum atomic E-state index is -0.647. The molecule has 2 atom stereocenters. The molecule has 1 N–H and O–H groups in total. The molecule has 4 nitrogen and oxygen atoms in total. The van der Waals surface area contributed by atoms with Gasteiger partial charge in [0.15, 0.2) is 0 Å². The Morgan fingerprint density at radius 1 is 1.59 bits per heavy atom. The van der Waals surface area contributed by atoms with Gasteiger partial charge in [0, 0.05) is 30.8 Å². The van der Waals surface area contributed by atoms with Crippen molar-refractivity contribution in [3.63, 3.8) is 0 Å². The first-order valence-electron chi connectivity index (χ1n) is 5.37. The van der Waals surface area contributed by atoms with Crippen molar-refractivity contribution in [2.45, 2.75) is 5.38 Å². The van der Waals surface area contributed by atoms with Crippen molar-refractivity contribution < 1.29 is 14.6 Å². The molecule has 0 bridgehead atoms. The minimum absolute atomic E-state index is 0.0830. The van der Waals surface area contributed by atoms with Crippen molar-refractivity contribution in [2.24, 2.45) is 5.92 Å². The molecule has 0 aliphatic carbocycles. The smallest absolute Gasteiger partial charge is 0.245 e. The van der Waals surface area contributed by atoms with Gasteiger partial charge in [0.05, 0.1) is 7.11 Å². The van der Waals surface area contributed by atoms with E-state index < -0.39 is 5.38 Å². The van der Waals surface area contributed by atoms with Crippen LogP contribution in [0.3, 0.4) is 0 Å². The van der Waals surface area contributed by atoms with Crippen LogP contribution in [0.4, 0.5) is 5.69 Å². The lowest BCUT2D eigenvalue weighted by Crippen LogP contribution is -2.27. The topological polar surface area (TPSA) is 49.8 Å². The molecule has 1 aromatic rings. The van der Waals surface area contributed by atoms with Crippen molar-refractivity contribution in [1.82, 2.24) is 0 Å². The van der Waals surface area contributed by atoms with E-state index in [0.29, 0.717) is 12.3 Å². The van der Waals surface area contributed by atoms with Gasteiger partial charge < -0.3 is 14.7 Å². The Labute approximate surface area is 105 Å². The molecule has 0 unspecified atom stereocenters. The molecule has 17 heavy (non-hydrogen) atoms. The number of aliphatic hydroxyl groups is 1. The molecule has 1 aromatic carbocycles. The molecule has 1 aliphatic heterocycles. The summed E-state index contributed by atoms with van der Waals surface area (Å²) in [5.41, 5.74) is 0.746. The summed E-state index contributed by atoms with van der Waals surface area (Å²) in [5.74, 6) is 0.309. The van der Waals surface area contributed by atoms with E-state index in [9.17, 15) is 4.79 Å². The van der Waals surface area contributed by atoms with Crippen LogP contribution in [-0.4, -0.2) is 36.7 Å². The lowest BCUT2D eigenvalue weighted by molar-refractivity contribution is -0.117. The molecule has 92 valence electrons. The Morgan fingerprint density at radius 2 is 2.35 bits per heavy atom. The normalized spacial score (nSPS) is 24.2. The van der Waals surface area contributed by atoms with Gasteiger partial charge in [0.25, 0.3) is 0 Å². The van der Waals surface area contributed by atoms with Crippen LogP contribution in [0.25, 0.3) is 0 Å². The zero-order valence-electron chi connectivity index (χ0n) is 9.47. The number of nitrogens with zero attached hydrogens (tertiary/aromatic N) is 1. The molecule has 0 aromatic heterocycles. The summed E-state index contributed by atoms with van der Waals surface area (Å²) in [5, 5.41) is 8.48. The van der Waals surface area contributed by atoms with E-state index in [-0.39, 0.29) is 18.4 Å². The molecule has 0 saturated carbocycles. The first kappa shape index (κ1) is 12.2. The predicted molar refractivity (Wildman–Crippen MR) is 65.6 cm³/mol. The van der Waals surface area contributed by atoms with Crippen LogP contribution >= 0.6 is 11.6 Å². The summed E-state index contributed by atoms with van der Waals surface area (Å²) in [6, 6.07) is 7.23. The number of carbonyl (C=O) groups is 1. The fourth-order valence-corrected chi connectivity index (χ4v) is 2.21. The largest absolute Gasteiger partial charge is 0.497 e. The lowest BCUT2D eigenvalue weighted by atomic mass is 10.1. The number of hydrogen-bond acceptors (Lipinski definition) is 3. The molecule has 5 heteroatoms. The molecular weight excluding hydrogens is 242 g/mol. The highest BCUT2D eigenvalue weighted by atomic mass is 35.5. The van der Waals surface area contributed by atoms with Crippen LogP contribution in [0.5, 0.6) is 5.75 Å². The highest BCUT2D eigenvalue weighted by Crippen LogP contribution is 2.30. The van der Waals surface area contributed by atoms with Crippen molar-refractivity contribution in [3.05, 3.63) is 24.3 Å². The SMILES string of the molecule is COc1cccc(N2C[C@H](CO)[C@@H](Cl)C2=O)c1. The van der Waals surface area contributed by atoms with Gasteiger partial charge in [-0.3, -0.25) is 4.79 Å². The Kier molecular flexibility index (Phi) is 3.54. The summed E-state index contributed by atoms with van der Waals surface area (Å²) in [6.07, 6.45) is 0. The van der Waals surface area contributed by atoms with Crippen LogP contribution in [0.2, 0.25) is 0 Å². The third-order valence-corrected chi connectivity index (χ3v) is 3.48. The summed E-state index contributed by atoms with van der Waals surface area (Å²) in [7, 11) is 1.58. The Hall–Kier alpha value is -1.26. The third-order valence-electron chi connectivity index (χ3n) is 2.93. The summed E-state index contributed by atoms with van der Waals surface area (Å²) in [4.78, 5) is 13.5. The molecule has 1 aliphatic rings. The number of halogens is 1. The van der Waals surface area contributed by atoms with Gasteiger partial charge in [0.1, 0.15) is 11.1 Å². The maximum absolute atomic E-state index is 11.9. The van der Waals surface area contributed by atoms with Crippen molar-refractivity contribution >= 4 is 23.2 Å². The lowest BCUT2D eigenvalue weighted by Gasteiger charge is -2.16. The van der Waals surface area contributed by atoms with E-state index in [2.05, 4.69) is 0 Å². The molecule has 1 fully saturated rings. The van der Waals surface area contributed by atoms with Gasteiger partial charge >= 0.3 is 0 Å². The van der Waals surface area contributed by atoms with E-state index in [1.165, 1.54) is 0 Å². The first-order valence-corrected chi connectivity index (χ1v) is 5.81. The maximum atomic E-state index is 11.9. The second-order valence-corrected chi connectivity index (χ2v) is 4.46. The average Bonchev–Trinajstić information content (AvgIpc) is 2.66. The number of alkyl halides is 1. The van der Waals surface area contributed by atoms with Crippen LogP contribution < -0.4 is 9.64 Å². The predicted octanol–water partition coefficient (Wildman–Crippen LogP) is 1.26. The standard InChI is InChI=1S/C12H14ClNO3/c1-17-10-4-2-3-9(5-10)14-6-8(7-15)11(13)12(14)16/h2-5,8,11,15H,6-7H2,1H3/t8-,11-/m1/s1. The number of rotatable bonds is 3. The Morgan fingerprint density at radius 3 is 2.94 bits per heavy atom. The number of benzene rings is 1. The molecule has 1 amide bonds. The Bertz CT molecular complexity index is 424. The second kappa shape index (κ2) is 4.94. The van der Waals surface area contributed by atoms with Crippen LogP contribution in [0.1, 0.15) is 0 Å². The number of hydrogen-bond donors (Lipinski definition) is 1. The van der Waals surface area contributed by atoms with Crippen LogP contribution in [0.15, 0.2) is 24.3 Å². The molecular formula is C12H14ClNO3. The van der Waals surface area contributed by atoms with E-state index >= 15 is 0 Å². The van der Waals surface area contributed by atoms with Crippen LogP contribution in [-0.2, 0) is 4.79 Å². The Balaban J connectivity index is 2.25. The van der Waals surface area contributed by atoms with E-state index in [0.717, 1.165) is 5.69 Å².